The number of aliphatic hydroxyl groups is 1. The van der Waals surface area contributed by atoms with Gasteiger partial charge in [0.05, 0.1) is 5.60 Å². The predicted molar refractivity (Wildman–Crippen MR) is 61.3 cm³/mol. The van der Waals surface area contributed by atoms with Gasteiger partial charge in [-0.2, -0.15) is 0 Å². The molecule has 1 aliphatic carbocycles. The van der Waals surface area contributed by atoms with E-state index in [-0.39, 0.29) is 0 Å². The van der Waals surface area contributed by atoms with Gasteiger partial charge in [0.1, 0.15) is 0 Å². The zero-order valence-electron chi connectivity index (χ0n) is 9.08. The summed E-state index contributed by atoms with van der Waals surface area (Å²) in [6, 6.07) is 8.07. The van der Waals surface area contributed by atoms with E-state index in [2.05, 4.69) is 0 Å². The third-order valence-electron chi connectivity index (χ3n) is 3.38. The van der Waals surface area contributed by atoms with Crippen LogP contribution in [-0.2, 0) is 12.1 Å². The van der Waals surface area contributed by atoms with Gasteiger partial charge in [0.25, 0.3) is 0 Å². The molecule has 1 saturated carbocycles. The van der Waals surface area contributed by atoms with Crippen molar-refractivity contribution in [1.82, 2.24) is 0 Å². The molecule has 1 aliphatic rings. The summed E-state index contributed by atoms with van der Waals surface area (Å²) in [4.78, 5) is 0. The van der Waals surface area contributed by atoms with E-state index in [0.29, 0.717) is 6.54 Å². The lowest BCUT2D eigenvalue weighted by molar-refractivity contribution is -0.000686. The predicted octanol–water partition coefficient (Wildman–Crippen LogP) is 2.30. The molecule has 0 unspecified atom stereocenters. The van der Waals surface area contributed by atoms with Gasteiger partial charge in [-0.05, 0) is 24.0 Å². The second-order valence-corrected chi connectivity index (χ2v) is 4.50. The summed E-state index contributed by atoms with van der Waals surface area (Å²) < 4.78 is 0. The zero-order chi connectivity index (χ0) is 10.7. The van der Waals surface area contributed by atoms with Crippen LogP contribution in [0.15, 0.2) is 24.3 Å². The molecule has 0 saturated heterocycles. The van der Waals surface area contributed by atoms with Crippen molar-refractivity contribution < 1.29 is 5.11 Å². The van der Waals surface area contributed by atoms with Gasteiger partial charge in [0.2, 0.25) is 0 Å². The minimum Gasteiger partial charge on any atom is -0.385 e. The minimum atomic E-state index is -0.594. The summed E-state index contributed by atoms with van der Waals surface area (Å²) in [5.74, 6) is 0. The molecule has 2 heteroatoms. The van der Waals surface area contributed by atoms with Gasteiger partial charge in [-0.15, -0.1) is 0 Å². The van der Waals surface area contributed by atoms with Gasteiger partial charge < -0.3 is 10.8 Å². The molecule has 0 amide bonds. The standard InChI is InChI=1S/C13H19NO/c14-10-11-5-4-6-12(9-11)13(15)7-2-1-3-8-13/h4-6,9,15H,1-3,7-8,10,14H2. The number of hydrogen-bond donors (Lipinski definition) is 2. The Balaban J connectivity index is 2.26. The first-order valence-electron chi connectivity index (χ1n) is 5.76. The molecular weight excluding hydrogens is 186 g/mol. The summed E-state index contributed by atoms with van der Waals surface area (Å²) >= 11 is 0. The number of hydrogen-bond acceptors (Lipinski definition) is 2. The van der Waals surface area contributed by atoms with Crippen molar-refractivity contribution in [2.24, 2.45) is 5.73 Å². The van der Waals surface area contributed by atoms with Crippen molar-refractivity contribution in [3.63, 3.8) is 0 Å². The van der Waals surface area contributed by atoms with Gasteiger partial charge in [-0.25, -0.2) is 0 Å². The summed E-state index contributed by atoms with van der Waals surface area (Å²) in [5, 5.41) is 10.5. The largest absolute Gasteiger partial charge is 0.385 e. The lowest BCUT2D eigenvalue weighted by Gasteiger charge is -2.32. The van der Waals surface area contributed by atoms with Crippen LogP contribution in [0.4, 0.5) is 0 Å². The van der Waals surface area contributed by atoms with Gasteiger partial charge in [-0.1, -0.05) is 43.5 Å². The van der Waals surface area contributed by atoms with E-state index in [4.69, 9.17) is 5.73 Å². The minimum absolute atomic E-state index is 0.546. The monoisotopic (exact) mass is 205 g/mol. The van der Waals surface area contributed by atoms with Crippen LogP contribution in [0.25, 0.3) is 0 Å². The first-order valence-corrected chi connectivity index (χ1v) is 5.76. The van der Waals surface area contributed by atoms with Crippen LogP contribution in [0, 0.1) is 0 Å². The SMILES string of the molecule is NCc1cccc(C2(O)CCCCC2)c1. The molecule has 3 N–H and O–H groups in total. The first kappa shape index (κ1) is 10.7. The normalized spacial score (nSPS) is 20.1. The Morgan fingerprint density at radius 1 is 1.20 bits per heavy atom. The summed E-state index contributed by atoms with van der Waals surface area (Å²) in [6.45, 7) is 0.546. The molecule has 0 heterocycles. The van der Waals surface area contributed by atoms with Crippen LogP contribution in [0.3, 0.4) is 0 Å². The smallest absolute Gasteiger partial charge is 0.0896 e. The fourth-order valence-electron chi connectivity index (χ4n) is 2.41. The molecule has 0 aliphatic heterocycles. The van der Waals surface area contributed by atoms with E-state index in [9.17, 15) is 5.11 Å². The van der Waals surface area contributed by atoms with E-state index < -0.39 is 5.60 Å². The number of nitrogens with two attached hydrogens (primary N) is 1. The summed E-state index contributed by atoms with van der Waals surface area (Å²) in [5.41, 5.74) is 7.17. The fourth-order valence-corrected chi connectivity index (χ4v) is 2.41. The van der Waals surface area contributed by atoms with E-state index in [1.807, 2.05) is 24.3 Å². The Morgan fingerprint density at radius 2 is 1.93 bits per heavy atom. The summed E-state index contributed by atoms with van der Waals surface area (Å²) in [7, 11) is 0. The molecule has 0 aromatic heterocycles. The van der Waals surface area contributed by atoms with Crippen molar-refractivity contribution in [1.29, 1.82) is 0 Å². The molecule has 0 atom stereocenters. The van der Waals surface area contributed by atoms with E-state index in [0.717, 1.165) is 36.8 Å². The Hall–Kier alpha value is -0.860. The molecule has 82 valence electrons. The molecular formula is C13H19NO. The van der Waals surface area contributed by atoms with Gasteiger partial charge in [0, 0.05) is 6.54 Å². The molecule has 1 aromatic rings. The van der Waals surface area contributed by atoms with Gasteiger partial charge >= 0.3 is 0 Å². The molecule has 2 nitrogen and oxygen atoms in total. The van der Waals surface area contributed by atoms with Crippen molar-refractivity contribution in [2.75, 3.05) is 0 Å². The highest BCUT2D eigenvalue weighted by molar-refractivity contribution is 5.28. The maximum Gasteiger partial charge on any atom is 0.0896 e. The van der Waals surface area contributed by atoms with E-state index in [1.165, 1.54) is 6.42 Å². The molecule has 2 rings (SSSR count). The van der Waals surface area contributed by atoms with Crippen LogP contribution < -0.4 is 5.73 Å². The number of rotatable bonds is 2. The topological polar surface area (TPSA) is 46.2 Å². The van der Waals surface area contributed by atoms with Crippen molar-refractivity contribution in [3.8, 4) is 0 Å². The molecule has 0 spiro atoms. The van der Waals surface area contributed by atoms with E-state index in [1.54, 1.807) is 0 Å². The fraction of sp³-hybridized carbons (Fsp3) is 0.538. The zero-order valence-corrected chi connectivity index (χ0v) is 9.08. The van der Waals surface area contributed by atoms with E-state index >= 15 is 0 Å². The Kier molecular flexibility index (Phi) is 3.08. The third-order valence-corrected chi connectivity index (χ3v) is 3.38. The maximum atomic E-state index is 10.5. The van der Waals surface area contributed by atoms with Crippen molar-refractivity contribution >= 4 is 0 Å². The highest BCUT2D eigenvalue weighted by Gasteiger charge is 2.30. The maximum absolute atomic E-state index is 10.5. The third kappa shape index (κ3) is 2.21. The Bertz CT molecular complexity index is 329. The van der Waals surface area contributed by atoms with Gasteiger partial charge in [-0.3, -0.25) is 0 Å². The average Bonchev–Trinajstić information content (AvgIpc) is 2.30. The second-order valence-electron chi connectivity index (χ2n) is 4.50. The number of benzene rings is 1. The second kappa shape index (κ2) is 4.33. The van der Waals surface area contributed by atoms with Crippen molar-refractivity contribution in [2.45, 2.75) is 44.2 Å². The highest BCUT2D eigenvalue weighted by Crippen LogP contribution is 2.36. The Labute approximate surface area is 91.1 Å². The van der Waals surface area contributed by atoms with Crippen LogP contribution in [0.1, 0.15) is 43.2 Å². The van der Waals surface area contributed by atoms with Crippen LogP contribution >= 0.6 is 0 Å². The van der Waals surface area contributed by atoms with Gasteiger partial charge in [0.15, 0.2) is 0 Å². The highest BCUT2D eigenvalue weighted by atomic mass is 16.3. The van der Waals surface area contributed by atoms with Crippen LogP contribution in [0.2, 0.25) is 0 Å². The van der Waals surface area contributed by atoms with Crippen LogP contribution in [0.5, 0.6) is 0 Å². The lowest BCUT2D eigenvalue weighted by Crippen LogP contribution is -2.28. The molecule has 0 radical (unpaired) electrons. The molecule has 1 aromatic carbocycles. The van der Waals surface area contributed by atoms with Crippen molar-refractivity contribution in [3.05, 3.63) is 35.4 Å². The summed E-state index contributed by atoms with van der Waals surface area (Å²) in [6.07, 6.45) is 5.29. The lowest BCUT2D eigenvalue weighted by atomic mass is 9.79. The quantitative estimate of drug-likeness (QED) is 0.778. The molecule has 1 fully saturated rings. The van der Waals surface area contributed by atoms with Crippen LogP contribution in [-0.4, -0.2) is 5.11 Å². The average molecular weight is 205 g/mol. The molecule has 0 bridgehead atoms. The first-order chi connectivity index (χ1) is 7.24. The molecule has 15 heavy (non-hydrogen) atoms. The Morgan fingerprint density at radius 3 is 2.60 bits per heavy atom.